The minimum Gasteiger partial charge on any atom is -0.480 e. The maximum absolute atomic E-state index is 11.5. The fraction of sp³-hybridized carbons (Fsp3) is 0.429. The molecule has 5 nitrogen and oxygen atoms in total. The largest absolute Gasteiger partial charge is 0.480 e. The molecule has 1 heterocycles. The number of hydrogen-bond acceptors (Lipinski definition) is 3. The van der Waals surface area contributed by atoms with E-state index in [0.29, 0.717) is 19.5 Å². The van der Waals surface area contributed by atoms with E-state index in [1.165, 1.54) is 5.56 Å². The Morgan fingerprint density at radius 2 is 2.11 bits per heavy atom. The first kappa shape index (κ1) is 13.4. The number of carbonyl (C=O) groups is 2. The van der Waals surface area contributed by atoms with Gasteiger partial charge < -0.3 is 15.3 Å². The Morgan fingerprint density at radius 3 is 2.74 bits per heavy atom. The number of amides is 1. The quantitative estimate of drug-likeness (QED) is 0.837. The molecule has 0 radical (unpaired) electrons. The zero-order valence-corrected chi connectivity index (χ0v) is 11.1. The Kier molecular flexibility index (Phi) is 3.74. The molecule has 0 bridgehead atoms. The molecule has 2 rings (SSSR count). The third-order valence-corrected chi connectivity index (χ3v) is 3.50. The normalized spacial score (nSPS) is 19.8. The van der Waals surface area contributed by atoms with E-state index in [-0.39, 0.29) is 5.91 Å². The SMILES string of the molecule is Cc1ccc(N2CCC(=O)NC(C(=O)O)C2)cc1C. The first-order chi connectivity index (χ1) is 8.97. The lowest BCUT2D eigenvalue weighted by Crippen LogP contribution is -2.45. The van der Waals surface area contributed by atoms with E-state index >= 15 is 0 Å². The van der Waals surface area contributed by atoms with Gasteiger partial charge in [-0.1, -0.05) is 6.07 Å². The van der Waals surface area contributed by atoms with Crippen LogP contribution in [0.4, 0.5) is 5.69 Å². The van der Waals surface area contributed by atoms with Gasteiger partial charge in [0.1, 0.15) is 6.04 Å². The lowest BCUT2D eigenvalue weighted by molar-refractivity contribution is -0.141. The number of hydrogen-bond donors (Lipinski definition) is 2. The van der Waals surface area contributed by atoms with E-state index in [1.54, 1.807) is 0 Å². The minimum atomic E-state index is -0.996. The molecule has 0 saturated carbocycles. The summed E-state index contributed by atoms with van der Waals surface area (Å²) >= 11 is 0. The van der Waals surface area contributed by atoms with Crippen LogP contribution in [-0.2, 0) is 9.59 Å². The molecule has 1 amide bonds. The van der Waals surface area contributed by atoms with Crippen LogP contribution in [0.2, 0.25) is 0 Å². The number of nitrogens with one attached hydrogen (secondary N) is 1. The summed E-state index contributed by atoms with van der Waals surface area (Å²) in [5.41, 5.74) is 3.32. The molecule has 1 aromatic rings. The molecular weight excluding hydrogens is 244 g/mol. The molecule has 1 atom stereocenters. The third kappa shape index (κ3) is 3.05. The summed E-state index contributed by atoms with van der Waals surface area (Å²) in [5, 5.41) is 11.6. The molecule has 0 aliphatic carbocycles. The number of rotatable bonds is 2. The van der Waals surface area contributed by atoms with Crippen molar-refractivity contribution in [1.29, 1.82) is 0 Å². The van der Waals surface area contributed by atoms with Gasteiger partial charge in [0.2, 0.25) is 5.91 Å². The Bertz CT molecular complexity index is 513. The molecule has 1 aromatic carbocycles. The van der Waals surface area contributed by atoms with E-state index in [1.807, 2.05) is 36.9 Å². The first-order valence-electron chi connectivity index (χ1n) is 6.32. The van der Waals surface area contributed by atoms with Crippen molar-refractivity contribution >= 4 is 17.6 Å². The van der Waals surface area contributed by atoms with Crippen LogP contribution in [0.5, 0.6) is 0 Å². The summed E-state index contributed by atoms with van der Waals surface area (Å²) in [7, 11) is 0. The second-order valence-corrected chi connectivity index (χ2v) is 4.92. The first-order valence-corrected chi connectivity index (χ1v) is 6.32. The van der Waals surface area contributed by atoms with Crippen molar-refractivity contribution in [3.8, 4) is 0 Å². The standard InChI is InChI=1S/C14H18N2O3/c1-9-3-4-11(7-10(9)2)16-6-5-13(17)15-12(8-16)14(18)19/h3-4,7,12H,5-6,8H2,1-2H3,(H,15,17)(H,18,19). The molecular formula is C14H18N2O3. The predicted molar refractivity (Wildman–Crippen MR) is 72.3 cm³/mol. The lowest BCUT2D eigenvalue weighted by atomic mass is 10.1. The fourth-order valence-electron chi connectivity index (χ4n) is 2.16. The van der Waals surface area contributed by atoms with E-state index in [2.05, 4.69) is 5.32 Å². The van der Waals surface area contributed by atoms with Gasteiger partial charge in [-0.05, 0) is 37.1 Å². The highest BCUT2D eigenvalue weighted by molar-refractivity contribution is 5.85. The van der Waals surface area contributed by atoms with E-state index in [9.17, 15) is 9.59 Å². The van der Waals surface area contributed by atoms with Gasteiger partial charge in [0, 0.05) is 25.2 Å². The van der Waals surface area contributed by atoms with Crippen molar-refractivity contribution in [1.82, 2.24) is 5.32 Å². The van der Waals surface area contributed by atoms with Crippen LogP contribution in [0.3, 0.4) is 0 Å². The van der Waals surface area contributed by atoms with Crippen molar-refractivity contribution in [2.24, 2.45) is 0 Å². The van der Waals surface area contributed by atoms with Gasteiger partial charge in [0.05, 0.1) is 0 Å². The van der Waals surface area contributed by atoms with Gasteiger partial charge in [-0.3, -0.25) is 4.79 Å². The van der Waals surface area contributed by atoms with Crippen molar-refractivity contribution in [3.05, 3.63) is 29.3 Å². The second-order valence-electron chi connectivity index (χ2n) is 4.92. The number of carboxylic acid groups (broad SMARTS) is 1. The van der Waals surface area contributed by atoms with Crippen LogP contribution in [-0.4, -0.2) is 36.1 Å². The van der Waals surface area contributed by atoms with Gasteiger partial charge in [-0.25, -0.2) is 4.79 Å². The Balaban J connectivity index is 2.24. The molecule has 1 unspecified atom stereocenters. The van der Waals surface area contributed by atoms with Crippen LogP contribution >= 0.6 is 0 Å². The zero-order chi connectivity index (χ0) is 14.0. The molecule has 1 saturated heterocycles. The van der Waals surface area contributed by atoms with Gasteiger partial charge >= 0.3 is 5.97 Å². The Labute approximate surface area is 112 Å². The second kappa shape index (κ2) is 5.30. The number of aliphatic carboxylic acids is 1. The molecule has 5 heteroatoms. The molecule has 1 aliphatic rings. The fourth-order valence-corrected chi connectivity index (χ4v) is 2.16. The van der Waals surface area contributed by atoms with Crippen LogP contribution in [0, 0.1) is 13.8 Å². The van der Waals surface area contributed by atoms with Crippen LogP contribution in [0.1, 0.15) is 17.5 Å². The third-order valence-electron chi connectivity index (χ3n) is 3.50. The van der Waals surface area contributed by atoms with Gasteiger partial charge in [-0.15, -0.1) is 0 Å². The average molecular weight is 262 g/mol. The van der Waals surface area contributed by atoms with Crippen molar-refractivity contribution in [2.45, 2.75) is 26.3 Å². The Hall–Kier alpha value is -2.04. The summed E-state index contributed by atoms with van der Waals surface area (Å²) in [6, 6.07) is 5.17. The molecule has 0 aromatic heterocycles. The number of carboxylic acids is 1. The predicted octanol–water partition coefficient (Wildman–Crippen LogP) is 1.08. The summed E-state index contributed by atoms with van der Waals surface area (Å²) in [6.07, 6.45) is 0.316. The number of carbonyl (C=O) groups excluding carboxylic acids is 1. The minimum absolute atomic E-state index is 0.210. The maximum Gasteiger partial charge on any atom is 0.328 e. The highest BCUT2D eigenvalue weighted by atomic mass is 16.4. The maximum atomic E-state index is 11.5. The molecule has 1 aliphatic heterocycles. The lowest BCUT2D eigenvalue weighted by Gasteiger charge is -2.25. The van der Waals surface area contributed by atoms with Crippen LogP contribution in [0.25, 0.3) is 0 Å². The average Bonchev–Trinajstić information content (AvgIpc) is 2.55. The van der Waals surface area contributed by atoms with Crippen LogP contribution in [0.15, 0.2) is 18.2 Å². The zero-order valence-electron chi connectivity index (χ0n) is 11.1. The molecule has 102 valence electrons. The monoisotopic (exact) mass is 262 g/mol. The van der Waals surface area contributed by atoms with Crippen molar-refractivity contribution < 1.29 is 14.7 Å². The summed E-state index contributed by atoms with van der Waals surface area (Å²) in [6.45, 7) is 4.89. The number of aryl methyl sites for hydroxylation is 2. The van der Waals surface area contributed by atoms with Gasteiger partial charge in [0.25, 0.3) is 0 Å². The molecule has 0 spiro atoms. The highest BCUT2D eigenvalue weighted by Gasteiger charge is 2.26. The van der Waals surface area contributed by atoms with Crippen molar-refractivity contribution in [2.75, 3.05) is 18.0 Å². The summed E-state index contributed by atoms with van der Waals surface area (Å²) in [4.78, 5) is 24.6. The van der Waals surface area contributed by atoms with Crippen LogP contribution < -0.4 is 10.2 Å². The van der Waals surface area contributed by atoms with Gasteiger partial charge in [0.15, 0.2) is 0 Å². The molecule has 1 fully saturated rings. The van der Waals surface area contributed by atoms with E-state index in [0.717, 1.165) is 11.3 Å². The van der Waals surface area contributed by atoms with E-state index < -0.39 is 12.0 Å². The van der Waals surface area contributed by atoms with E-state index in [4.69, 9.17) is 5.11 Å². The molecule has 19 heavy (non-hydrogen) atoms. The van der Waals surface area contributed by atoms with Gasteiger partial charge in [-0.2, -0.15) is 0 Å². The topological polar surface area (TPSA) is 69.6 Å². The van der Waals surface area contributed by atoms with Crippen molar-refractivity contribution in [3.63, 3.8) is 0 Å². The number of nitrogens with zero attached hydrogens (tertiary/aromatic N) is 1. The smallest absolute Gasteiger partial charge is 0.328 e. The Morgan fingerprint density at radius 1 is 1.37 bits per heavy atom. The highest BCUT2D eigenvalue weighted by Crippen LogP contribution is 2.20. The number of benzene rings is 1. The number of anilines is 1. The molecule has 2 N–H and O–H groups in total. The summed E-state index contributed by atoms with van der Waals surface area (Å²) < 4.78 is 0. The summed E-state index contributed by atoms with van der Waals surface area (Å²) in [5.74, 6) is -1.21.